The van der Waals surface area contributed by atoms with Crippen molar-refractivity contribution in [3.63, 3.8) is 0 Å². The fourth-order valence-electron chi connectivity index (χ4n) is 2.77. The van der Waals surface area contributed by atoms with Crippen molar-refractivity contribution < 1.29 is 14.3 Å². The van der Waals surface area contributed by atoms with Crippen LogP contribution in [0.25, 0.3) is 0 Å². The van der Waals surface area contributed by atoms with Gasteiger partial charge in [-0.1, -0.05) is 0 Å². The van der Waals surface area contributed by atoms with E-state index in [4.69, 9.17) is 0 Å². The highest BCUT2D eigenvalue weighted by Gasteiger charge is 2.24. The molecule has 1 aromatic rings. The van der Waals surface area contributed by atoms with Gasteiger partial charge < -0.3 is 10.1 Å². The van der Waals surface area contributed by atoms with Crippen LogP contribution in [0.5, 0.6) is 0 Å². The van der Waals surface area contributed by atoms with Crippen LogP contribution in [-0.4, -0.2) is 46.3 Å². The quantitative estimate of drug-likeness (QED) is 0.605. The zero-order valence-electron chi connectivity index (χ0n) is 14.0. The smallest absolute Gasteiger partial charge is 0.315 e. The summed E-state index contributed by atoms with van der Waals surface area (Å²) in [5.74, 6) is 0.719. The summed E-state index contributed by atoms with van der Waals surface area (Å²) < 4.78 is 6.62. The lowest BCUT2D eigenvalue weighted by Gasteiger charge is -2.25. The molecule has 2 rings (SSSR count). The molecule has 128 valence electrons. The van der Waals surface area contributed by atoms with E-state index in [1.165, 1.54) is 30.1 Å². The number of aryl methyl sites for hydroxylation is 1. The van der Waals surface area contributed by atoms with Gasteiger partial charge in [0.05, 0.1) is 19.1 Å². The molecule has 0 saturated carbocycles. The van der Waals surface area contributed by atoms with Crippen LogP contribution in [0.1, 0.15) is 44.0 Å². The van der Waals surface area contributed by atoms with E-state index in [2.05, 4.69) is 33.7 Å². The Hall–Kier alpha value is -1.50. The van der Waals surface area contributed by atoms with Crippen molar-refractivity contribution in [2.24, 2.45) is 0 Å². The van der Waals surface area contributed by atoms with Crippen molar-refractivity contribution in [2.75, 3.05) is 18.6 Å². The van der Waals surface area contributed by atoms with Gasteiger partial charge in [0.15, 0.2) is 0 Å². The molecule has 0 aliphatic heterocycles. The Bertz CT molecular complexity index is 557. The first kappa shape index (κ1) is 17.8. The van der Waals surface area contributed by atoms with Crippen molar-refractivity contribution >= 4 is 23.6 Å². The molecule has 1 amide bonds. The molecule has 0 bridgehead atoms. The number of fused-ring (bicyclic) bond motifs is 1. The van der Waals surface area contributed by atoms with E-state index in [-0.39, 0.29) is 17.9 Å². The summed E-state index contributed by atoms with van der Waals surface area (Å²) in [6.45, 7) is 4.24. The molecule has 1 aliphatic rings. The molecule has 0 aromatic carbocycles. The molecule has 0 radical (unpaired) electrons. The SMILES string of the molecule is COC(=O)CSCCC(=O)NC1CCc2cnn(C(C)C)c2C1. The molecule has 1 atom stereocenters. The average molecular weight is 339 g/mol. The fraction of sp³-hybridized carbons (Fsp3) is 0.688. The lowest BCUT2D eigenvalue weighted by molar-refractivity contribution is -0.137. The van der Waals surface area contributed by atoms with E-state index < -0.39 is 0 Å². The molecular formula is C16H25N3O3S. The maximum Gasteiger partial charge on any atom is 0.315 e. The van der Waals surface area contributed by atoms with Crippen LogP contribution >= 0.6 is 11.8 Å². The maximum atomic E-state index is 12.0. The monoisotopic (exact) mass is 339 g/mol. The zero-order chi connectivity index (χ0) is 16.8. The summed E-state index contributed by atoms with van der Waals surface area (Å²) in [4.78, 5) is 23.0. The van der Waals surface area contributed by atoms with E-state index in [0.717, 1.165) is 19.3 Å². The van der Waals surface area contributed by atoms with E-state index in [0.29, 0.717) is 24.0 Å². The van der Waals surface area contributed by atoms with E-state index >= 15 is 0 Å². The molecule has 7 heteroatoms. The standard InChI is InChI=1S/C16H25N3O3S/c1-11(2)19-14-8-13(5-4-12(14)9-17-19)18-15(20)6-7-23-10-16(21)22-3/h9,11,13H,4-8,10H2,1-3H3,(H,18,20). The van der Waals surface area contributed by atoms with Gasteiger partial charge in [-0.25, -0.2) is 0 Å². The molecule has 0 saturated heterocycles. The number of nitrogens with zero attached hydrogens (tertiary/aromatic N) is 2. The lowest BCUT2D eigenvalue weighted by Crippen LogP contribution is -2.39. The number of esters is 1. The number of carbonyl (C=O) groups excluding carboxylic acids is 2. The van der Waals surface area contributed by atoms with Crippen LogP contribution in [0, 0.1) is 0 Å². The number of hydrogen-bond donors (Lipinski definition) is 1. The number of hydrogen-bond acceptors (Lipinski definition) is 5. The number of nitrogens with one attached hydrogen (secondary N) is 1. The third kappa shape index (κ3) is 4.99. The minimum Gasteiger partial charge on any atom is -0.468 e. The Kier molecular flexibility index (Phi) is 6.50. The maximum absolute atomic E-state index is 12.0. The topological polar surface area (TPSA) is 73.2 Å². The number of carbonyl (C=O) groups is 2. The van der Waals surface area contributed by atoms with Crippen LogP contribution < -0.4 is 5.32 Å². The van der Waals surface area contributed by atoms with Crippen LogP contribution in [0.3, 0.4) is 0 Å². The van der Waals surface area contributed by atoms with Gasteiger partial charge in [-0.2, -0.15) is 5.10 Å². The summed E-state index contributed by atoms with van der Waals surface area (Å²) in [6.07, 6.45) is 5.14. The number of rotatable bonds is 7. The normalized spacial score (nSPS) is 17.0. The predicted octanol–water partition coefficient (Wildman–Crippen LogP) is 1.73. The zero-order valence-corrected chi connectivity index (χ0v) is 14.8. The number of aromatic nitrogens is 2. The Morgan fingerprint density at radius 3 is 3.00 bits per heavy atom. The summed E-state index contributed by atoms with van der Waals surface area (Å²) >= 11 is 1.42. The molecule has 1 N–H and O–H groups in total. The second kappa shape index (κ2) is 8.38. The van der Waals surface area contributed by atoms with Crippen LogP contribution in [0.2, 0.25) is 0 Å². The minimum atomic E-state index is -0.253. The van der Waals surface area contributed by atoms with Gasteiger partial charge in [-0.15, -0.1) is 11.8 Å². The Balaban J connectivity index is 1.77. The van der Waals surface area contributed by atoms with Crippen LogP contribution in [-0.2, 0) is 27.2 Å². The first-order chi connectivity index (χ1) is 11.0. The molecule has 1 heterocycles. The van der Waals surface area contributed by atoms with E-state index in [1.807, 2.05) is 6.20 Å². The summed E-state index contributed by atoms with van der Waals surface area (Å²) in [5.41, 5.74) is 2.55. The Morgan fingerprint density at radius 1 is 1.52 bits per heavy atom. The van der Waals surface area contributed by atoms with Crippen molar-refractivity contribution in [1.82, 2.24) is 15.1 Å². The number of amides is 1. The Labute approximate surface area is 141 Å². The second-order valence-electron chi connectivity index (χ2n) is 6.04. The molecule has 1 unspecified atom stereocenters. The van der Waals surface area contributed by atoms with Gasteiger partial charge >= 0.3 is 5.97 Å². The van der Waals surface area contributed by atoms with Gasteiger partial charge in [0.25, 0.3) is 0 Å². The third-order valence-corrected chi connectivity index (χ3v) is 4.89. The molecular weight excluding hydrogens is 314 g/mol. The third-order valence-electron chi connectivity index (χ3n) is 3.96. The van der Waals surface area contributed by atoms with Gasteiger partial charge in [-0.3, -0.25) is 14.3 Å². The number of thioether (sulfide) groups is 1. The second-order valence-corrected chi connectivity index (χ2v) is 7.15. The summed E-state index contributed by atoms with van der Waals surface area (Å²) in [7, 11) is 1.37. The molecule has 23 heavy (non-hydrogen) atoms. The van der Waals surface area contributed by atoms with Gasteiger partial charge in [0.2, 0.25) is 5.91 Å². The first-order valence-electron chi connectivity index (χ1n) is 8.00. The summed E-state index contributed by atoms with van der Waals surface area (Å²) in [6, 6.07) is 0.512. The molecule has 0 fully saturated rings. The van der Waals surface area contributed by atoms with Gasteiger partial charge in [0, 0.05) is 36.4 Å². The fourth-order valence-corrected chi connectivity index (χ4v) is 3.53. The highest BCUT2D eigenvalue weighted by molar-refractivity contribution is 7.99. The van der Waals surface area contributed by atoms with Crippen molar-refractivity contribution in [2.45, 2.75) is 51.6 Å². The van der Waals surface area contributed by atoms with E-state index in [9.17, 15) is 9.59 Å². The van der Waals surface area contributed by atoms with Crippen molar-refractivity contribution in [3.05, 3.63) is 17.5 Å². The highest BCUT2D eigenvalue weighted by Crippen LogP contribution is 2.23. The number of ether oxygens (including phenoxy) is 1. The molecule has 1 aliphatic carbocycles. The van der Waals surface area contributed by atoms with Gasteiger partial charge in [0.1, 0.15) is 0 Å². The van der Waals surface area contributed by atoms with Crippen molar-refractivity contribution in [1.29, 1.82) is 0 Å². The van der Waals surface area contributed by atoms with Crippen LogP contribution in [0.4, 0.5) is 0 Å². The first-order valence-corrected chi connectivity index (χ1v) is 9.16. The summed E-state index contributed by atoms with van der Waals surface area (Å²) in [5, 5.41) is 7.56. The van der Waals surface area contributed by atoms with E-state index in [1.54, 1.807) is 0 Å². The minimum absolute atomic E-state index is 0.0476. The number of methoxy groups -OCH3 is 1. The van der Waals surface area contributed by atoms with Gasteiger partial charge in [-0.05, 0) is 32.3 Å². The molecule has 6 nitrogen and oxygen atoms in total. The molecule has 0 spiro atoms. The highest BCUT2D eigenvalue weighted by atomic mass is 32.2. The lowest BCUT2D eigenvalue weighted by atomic mass is 9.93. The molecule has 1 aromatic heterocycles. The Morgan fingerprint density at radius 2 is 2.30 bits per heavy atom. The largest absolute Gasteiger partial charge is 0.468 e. The van der Waals surface area contributed by atoms with Crippen molar-refractivity contribution in [3.8, 4) is 0 Å². The average Bonchev–Trinajstić information content (AvgIpc) is 2.94. The van der Waals surface area contributed by atoms with Crippen LogP contribution in [0.15, 0.2) is 6.20 Å². The predicted molar refractivity (Wildman–Crippen MR) is 90.5 cm³/mol.